The number of nitrogens with one attached hydrogen (secondary N) is 2. The molecule has 2 aromatic carbocycles. The number of benzene rings is 2. The summed E-state index contributed by atoms with van der Waals surface area (Å²) in [5, 5.41) is 5.63. The maximum atomic E-state index is 12.7. The number of hydrogen-bond donors (Lipinski definition) is 2. The van der Waals surface area contributed by atoms with Crippen molar-refractivity contribution in [2.24, 2.45) is 0 Å². The highest BCUT2D eigenvalue weighted by Gasteiger charge is 2.19. The molecule has 8 nitrogen and oxygen atoms in total. The van der Waals surface area contributed by atoms with Crippen molar-refractivity contribution in [2.45, 2.75) is 25.8 Å². The van der Waals surface area contributed by atoms with E-state index in [4.69, 9.17) is 4.74 Å². The Morgan fingerprint density at radius 1 is 1.10 bits per heavy atom. The summed E-state index contributed by atoms with van der Waals surface area (Å²) in [5.74, 6) is 0.757. The number of piperidine rings is 1. The SMILES string of the molecule is COc1cccc(NC(=O)NCCn2cnc3cc(C(=O)N4CCCCC4)ccc32)c1. The predicted molar refractivity (Wildman–Crippen MR) is 120 cm³/mol. The van der Waals surface area contributed by atoms with Crippen molar-refractivity contribution in [2.75, 3.05) is 32.1 Å². The monoisotopic (exact) mass is 421 g/mol. The van der Waals surface area contributed by atoms with E-state index < -0.39 is 0 Å². The number of rotatable bonds is 6. The lowest BCUT2D eigenvalue weighted by molar-refractivity contribution is 0.0724. The molecule has 0 atom stereocenters. The molecule has 2 N–H and O–H groups in total. The second-order valence-corrected chi connectivity index (χ2v) is 7.61. The van der Waals surface area contributed by atoms with E-state index >= 15 is 0 Å². The Morgan fingerprint density at radius 3 is 2.74 bits per heavy atom. The fraction of sp³-hybridized carbons (Fsp3) is 0.348. The topological polar surface area (TPSA) is 88.5 Å². The standard InChI is InChI=1S/C23H27N5O3/c1-31-19-7-5-6-18(15-19)26-23(30)24-10-13-28-16-25-20-14-17(8-9-21(20)28)22(29)27-11-3-2-4-12-27/h5-9,14-16H,2-4,10-13H2,1H3,(H2,24,26,30). The van der Waals surface area contributed by atoms with Crippen molar-refractivity contribution in [3.63, 3.8) is 0 Å². The molecule has 1 aliphatic heterocycles. The zero-order valence-electron chi connectivity index (χ0n) is 17.6. The minimum Gasteiger partial charge on any atom is -0.497 e. The molecule has 0 aliphatic carbocycles. The van der Waals surface area contributed by atoms with Gasteiger partial charge in [-0.25, -0.2) is 9.78 Å². The quantitative estimate of drug-likeness (QED) is 0.638. The van der Waals surface area contributed by atoms with Gasteiger partial charge < -0.3 is 24.8 Å². The minimum absolute atomic E-state index is 0.0760. The lowest BCUT2D eigenvalue weighted by Gasteiger charge is -2.26. The molecule has 1 aromatic heterocycles. The highest BCUT2D eigenvalue weighted by Crippen LogP contribution is 2.19. The number of nitrogens with zero attached hydrogens (tertiary/aromatic N) is 3. The molecule has 1 fully saturated rings. The van der Waals surface area contributed by atoms with E-state index in [0.717, 1.165) is 37.0 Å². The summed E-state index contributed by atoms with van der Waals surface area (Å²) >= 11 is 0. The molecule has 0 spiro atoms. The van der Waals surface area contributed by atoms with Crippen LogP contribution in [0.3, 0.4) is 0 Å². The number of aromatic nitrogens is 2. The molecule has 1 saturated heterocycles. The van der Waals surface area contributed by atoms with E-state index in [9.17, 15) is 9.59 Å². The largest absolute Gasteiger partial charge is 0.497 e. The van der Waals surface area contributed by atoms with E-state index in [1.54, 1.807) is 25.6 Å². The number of anilines is 1. The number of likely N-dealkylation sites (tertiary alicyclic amines) is 1. The average molecular weight is 422 g/mol. The Hall–Kier alpha value is -3.55. The van der Waals surface area contributed by atoms with Crippen LogP contribution in [-0.4, -0.2) is 53.1 Å². The van der Waals surface area contributed by atoms with Gasteiger partial charge in [0, 0.05) is 43.5 Å². The molecular weight excluding hydrogens is 394 g/mol. The van der Waals surface area contributed by atoms with Gasteiger partial charge in [-0.15, -0.1) is 0 Å². The molecule has 0 bridgehead atoms. The molecule has 1 aliphatic rings. The zero-order valence-corrected chi connectivity index (χ0v) is 17.6. The molecule has 3 aromatic rings. The Morgan fingerprint density at radius 2 is 1.94 bits per heavy atom. The first-order valence-electron chi connectivity index (χ1n) is 10.6. The van der Waals surface area contributed by atoms with Crippen LogP contribution >= 0.6 is 0 Å². The Balaban J connectivity index is 1.33. The summed E-state index contributed by atoms with van der Waals surface area (Å²) in [4.78, 5) is 31.2. The molecule has 2 heterocycles. The number of fused-ring (bicyclic) bond motifs is 1. The molecule has 4 rings (SSSR count). The third-order valence-electron chi connectivity index (χ3n) is 5.48. The van der Waals surface area contributed by atoms with Crippen molar-refractivity contribution >= 4 is 28.7 Å². The number of carbonyl (C=O) groups is 2. The van der Waals surface area contributed by atoms with Gasteiger partial charge in [0.05, 0.1) is 24.5 Å². The van der Waals surface area contributed by atoms with Gasteiger partial charge >= 0.3 is 6.03 Å². The maximum absolute atomic E-state index is 12.7. The van der Waals surface area contributed by atoms with Crippen LogP contribution in [0.25, 0.3) is 11.0 Å². The first-order valence-corrected chi connectivity index (χ1v) is 10.6. The lowest BCUT2D eigenvalue weighted by atomic mass is 10.1. The number of imidazole rings is 1. The first-order chi connectivity index (χ1) is 15.1. The van der Waals surface area contributed by atoms with E-state index in [1.807, 2.05) is 39.8 Å². The fourth-order valence-electron chi connectivity index (χ4n) is 3.82. The summed E-state index contributed by atoms with van der Waals surface area (Å²) in [6.07, 6.45) is 5.07. The summed E-state index contributed by atoms with van der Waals surface area (Å²) < 4.78 is 7.13. The summed E-state index contributed by atoms with van der Waals surface area (Å²) in [6, 6.07) is 12.5. The van der Waals surface area contributed by atoms with Gasteiger partial charge in [-0.05, 0) is 49.6 Å². The van der Waals surface area contributed by atoms with Gasteiger partial charge in [0.25, 0.3) is 5.91 Å². The lowest BCUT2D eigenvalue weighted by Crippen LogP contribution is -2.35. The number of methoxy groups -OCH3 is 1. The summed E-state index contributed by atoms with van der Waals surface area (Å²) in [5.41, 5.74) is 3.06. The molecule has 0 unspecified atom stereocenters. The van der Waals surface area contributed by atoms with Crippen LogP contribution < -0.4 is 15.4 Å². The van der Waals surface area contributed by atoms with Crippen LogP contribution in [0.15, 0.2) is 48.8 Å². The third kappa shape index (κ3) is 4.96. The van der Waals surface area contributed by atoms with E-state index in [-0.39, 0.29) is 11.9 Å². The molecule has 31 heavy (non-hydrogen) atoms. The maximum Gasteiger partial charge on any atom is 0.319 e. The highest BCUT2D eigenvalue weighted by molar-refractivity contribution is 5.97. The fourth-order valence-corrected chi connectivity index (χ4v) is 3.82. The highest BCUT2D eigenvalue weighted by atomic mass is 16.5. The molecule has 8 heteroatoms. The number of carbonyl (C=O) groups excluding carboxylic acids is 2. The van der Waals surface area contributed by atoms with Gasteiger partial charge in [-0.2, -0.15) is 0 Å². The van der Waals surface area contributed by atoms with Crippen LogP contribution in [0.1, 0.15) is 29.6 Å². The van der Waals surface area contributed by atoms with Gasteiger partial charge in [0.2, 0.25) is 0 Å². The Kier molecular flexibility index (Phi) is 6.35. The second kappa shape index (κ2) is 9.51. The third-order valence-corrected chi connectivity index (χ3v) is 5.48. The van der Waals surface area contributed by atoms with Crippen LogP contribution in [0.4, 0.5) is 10.5 Å². The van der Waals surface area contributed by atoms with E-state index in [1.165, 1.54) is 6.42 Å². The number of ether oxygens (including phenoxy) is 1. The predicted octanol–water partition coefficient (Wildman–Crippen LogP) is 3.49. The number of amides is 3. The second-order valence-electron chi connectivity index (χ2n) is 7.61. The van der Waals surface area contributed by atoms with Crippen molar-refractivity contribution in [1.29, 1.82) is 0 Å². The Bertz CT molecular complexity index is 1070. The van der Waals surface area contributed by atoms with Crippen molar-refractivity contribution < 1.29 is 14.3 Å². The van der Waals surface area contributed by atoms with Crippen molar-refractivity contribution in [1.82, 2.24) is 19.8 Å². The van der Waals surface area contributed by atoms with Crippen LogP contribution in [0.5, 0.6) is 5.75 Å². The van der Waals surface area contributed by atoms with Gasteiger partial charge in [0.1, 0.15) is 5.75 Å². The first kappa shape index (κ1) is 20.7. The van der Waals surface area contributed by atoms with Crippen LogP contribution in [-0.2, 0) is 6.54 Å². The van der Waals surface area contributed by atoms with Crippen molar-refractivity contribution in [3.05, 3.63) is 54.4 Å². The van der Waals surface area contributed by atoms with Crippen LogP contribution in [0, 0.1) is 0 Å². The van der Waals surface area contributed by atoms with E-state index in [2.05, 4.69) is 15.6 Å². The number of urea groups is 1. The smallest absolute Gasteiger partial charge is 0.319 e. The Labute approximate surface area is 181 Å². The van der Waals surface area contributed by atoms with Crippen molar-refractivity contribution in [3.8, 4) is 5.75 Å². The molecule has 3 amide bonds. The minimum atomic E-state index is -0.285. The van der Waals surface area contributed by atoms with Gasteiger partial charge in [-0.1, -0.05) is 6.07 Å². The van der Waals surface area contributed by atoms with Crippen LogP contribution in [0.2, 0.25) is 0 Å². The van der Waals surface area contributed by atoms with Gasteiger partial charge in [-0.3, -0.25) is 4.79 Å². The number of hydrogen-bond acceptors (Lipinski definition) is 4. The molecular formula is C23H27N5O3. The van der Waals surface area contributed by atoms with Gasteiger partial charge in [0.15, 0.2) is 0 Å². The normalized spacial score (nSPS) is 13.8. The van der Waals surface area contributed by atoms with E-state index in [0.29, 0.717) is 30.1 Å². The summed E-state index contributed by atoms with van der Waals surface area (Å²) in [7, 11) is 1.58. The molecule has 0 radical (unpaired) electrons. The molecule has 0 saturated carbocycles. The molecule has 162 valence electrons. The average Bonchev–Trinajstić information content (AvgIpc) is 3.21. The summed E-state index contributed by atoms with van der Waals surface area (Å²) in [6.45, 7) is 2.67. The zero-order chi connectivity index (χ0) is 21.6.